The van der Waals surface area contributed by atoms with Crippen molar-refractivity contribution in [2.75, 3.05) is 33.9 Å². The summed E-state index contributed by atoms with van der Waals surface area (Å²) >= 11 is 0. The van der Waals surface area contributed by atoms with Crippen molar-refractivity contribution in [3.63, 3.8) is 0 Å². The zero-order chi connectivity index (χ0) is 24.8. The maximum atomic E-state index is 15.6. The number of methoxy groups -OCH3 is 2. The number of pyridine rings is 1. The summed E-state index contributed by atoms with van der Waals surface area (Å²) in [5, 5.41) is 0. The van der Waals surface area contributed by atoms with Crippen LogP contribution in [0.4, 0.5) is 4.39 Å². The summed E-state index contributed by atoms with van der Waals surface area (Å²) in [6.07, 6.45) is 5.76. The average molecular weight is 489 g/mol. The van der Waals surface area contributed by atoms with Crippen molar-refractivity contribution in [3.05, 3.63) is 59.3 Å². The van der Waals surface area contributed by atoms with Crippen LogP contribution in [0.5, 0.6) is 11.8 Å². The Labute approximate surface area is 209 Å². The fraction of sp³-hybridized carbons (Fsp3) is 0.407. The molecule has 0 N–H and O–H groups in total. The van der Waals surface area contributed by atoms with Gasteiger partial charge >= 0.3 is 6.01 Å². The fourth-order valence-electron chi connectivity index (χ4n) is 5.66. The molecular formula is C27H29FN6O2. The monoisotopic (exact) mass is 488 g/mol. The molecule has 1 atom stereocenters. The van der Waals surface area contributed by atoms with Gasteiger partial charge in [-0.1, -0.05) is 12.1 Å². The molecule has 1 unspecified atom stereocenters. The van der Waals surface area contributed by atoms with Gasteiger partial charge in [-0.3, -0.25) is 4.98 Å². The van der Waals surface area contributed by atoms with E-state index in [1.165, 1.54) is 33.0 Å². The van der Waals surface area contributed by atoms with Crippen molar-refractivity contribution in [2.24, 2.45) is 5.92 Å². The average Bonchev–Trinajstić information content (AvgIpc) is 3.29. The molecule has 3 aliphatic rings. The van der Waals surface area contributed by atoms with Gasteiger partial charge < -0.3 is 18.9 Å². The highest BCUT2D eigenvalue weighted by Gasteiger charge is 2.35. The molecule has 3 saturated heterocycles. The van der Waals surface area contributed by atoms with E-state index in [0.29, 0.717) is 45.8 Å². The lowest BCUT2D eigenvalue weighted by molar-refractivity contribution is 0.0870. The van der Waals surface area contributed by atoms with E-state index in [1.807, 2.05) is 23.6 Å². The van der Waals surface area contributed by atoms with E-state index >= 15 is 4.39 Å². The maximum Gasteiger partial charge on any atom is 0.318 e. The Balaban J connectivity index is 1.42. The van der Waals surface area contributed by atoms with Crippen molar-refractivity contribution in [3.8, 4) is 23.1 Å². The zero-order valence-corrected chi connectivity index (χ0v) is 20.7. The Kier molecular flexibility index (Phi) is 5.79. The van der Waals surface area contributed by atoms with E-state index in [-0.39, 0.29) is 18.4 Å². The second-order valence-corrected chi connectivity index (χ2v) is 9.70. The van der Waals surface area contributed by atoms with Gasteiger partial charge in [0.1, 0.15) is 22.9 Å². The molecule has 4 aromatic rings. The lowest BCUT2D eigenvalue weighted by Crippen LogP contribution is -2.46. The molecule has 0 spiro atoms. The first-order valence-corrected chi connectivity index (χ1v) is 12.3. The van der Waals surface area contributed by atoms with Crippen molar-refractivity contribution in [1.29, 1.82) is 0 Å². The van der Waals surface area contributed by atoms with E-state index in [1.54, 1.807) is 25.6 Å². The van der Waals surface area contributed by atoms with Gasteiger partial charge in [-0.05, 0) is 62.4 Å². The number of piperidine rings is 3. The first kappa shape index (κ1) is 22.8. The second kappa shape index (κ2) is 9.13. The van der Waals surface area contributed by atoms with Gasteiger partial charge in [0.25, 0.3) is 0 Å². The number of benzene rings is 1. The van der Waals surface area contributed by atoms with Crippen LogP contribution in [0, 0.1) is 18.7 Å². The molecule has 0 radical (unpaired) electrons. The van der Waals surface area contributed by atoms with E-state index in [0.717, 1.165) is 17.7 Å². The van der Waals surface area contributed by atoms with Crippen LogP contribution >= 0.6 is 0 Å². The molecule has 0 aliphatic carbocycles. The maximum absolute atomic E-state index is 15.6. The molecule has 3 fully saturated rings. The number of fused-ring (bicyclic) bond motifs is 4. The van der Waals surface area contributed by atoms with Gasteiger partial charge in [0, 0.05) is 23.9 Å². The minimum absolute atomic E-state index is 0.210. The minimum Gasteiger partial charge on any atom is -0.495 e. The summed E-state index contributed by atoms with van der Waals surface area (Å²) in [5.41, 5.74) is 4.32. The number of aromatic nitrogens is 5. The van der Waals surface area contributed by atoms with Crippen LogP contribution in [0.2, 0.25) is 0 Å². The first-order chi connectivity index (χ1) is 17.5. The van der Waals surface area contributed by atoms with Gasteiger partial charge in [0.2, 0.25) is 0 Å². The predicted molar refractivity (Wildman–Crippen MR) is 134 cm³/mol. The normalized spacial score (nSPS) is 21.2. The number of halogens is 1. The van der Waals surface area contributed by atoms with Crippen LogP contribution in [-0.4, -0.2) is 63.3 Å². The topological polar surface area (TPSA) is 78.2 Å². The number of rotatable bonds is 6. The molecule has 3 aliphatic heterocycles. The predicted octanol–water partition coefficient (Wildman–Crippen LogP) is 4.21. The van der Waals surface area contributed by atoms with Gasteiger partial charge in [0.05, 0.1) is 32.7 Å². The SMILES string of the molecule is COc1cncc(-c2nc3c(C)nc(OC)nc3n2Cc2ccc(C3CN4CCC3CC4)cc2F)c1. The Morgan fingerprint density at radius 3 is 2.56 bits per heavy atom. The van der Waals surface area contributed by atoms with Crippen molar-refractivity contribution in [1.82, 2.24) is 29.4 Å². The standard InChI is InChI=1S/C27H29FN6O2/c1-16-24-26(32-27(30-16)36-3)34(25(31-24)20-10-21(35-2)13-29-12-20)14-19-5-4-18(11-23(19)28)22-15-33-8-6-17(22)7-9-33/h4-5,10-13,17,22H,6-9,14-15H2,1-3H3. The minimum atomic E-state index is -0.210. The van der Waals surface area contributed by atoms with Crippen molar-refractivity contribution < 1.29 is 13.9 Å². The number of imidazole rings is 1. The van der Waals surface area contributed by atoms with Crippen molar-refractivity contribution >= 4 is 11.2 Å². The summed E-state index contributed by atoms with van der Waals surface area (Å²) in [6, 6.07) is 7.84. The largest absolute Gasteiger partial charge is 0.495 e. The highest BCUT2D eigenvalue weighted by atomic mass is 19.1. The summed E-state index contributed by atoms with van der Waals surface area (Å²) in [7, 11) is 3.12. The Morgan fingerprint density at radius 1 is 1.03 bits per heavy atom. The van der Waals surface area contributed by atoms with Crippen LogP contribution in [-0.2, 0) is 6.54 Å². The summed E-state index contributed by atoms with van der Waals surface area (Å²) in [6.45, 7) is 5.48. The van der Waals surface area contributed by atoms with Gasteiger partial charge in [0.15, 0.2) is 5.65 Å². The summed E-state index contributed by atoms with van der Waals surface area (Å²) in [4.78, 5) is 20.6. The molecule has 6 heterocycles. The smallest absolute Gasteiger partial charge is 0.318 e. The summed E-state index contributed by atoms with van der Waals surface area (Å²) < 4.78 is 28.2. The lowest BCUT2D eigenvalue weighted by Gasteiger charge is -2.45. The number of hydrogen-bond donors (Lipinski definition) is 0. The number of ether oxygens (including phenoxy) is 2. The zero-order valence-electron chi connectivity index (χ0n) is 20.7. The van der Waals surface area contributed by atoms with Gasteiger partial charge in [-0.15, -0.1) is 0 Å². The third-order valence-corrected chi connectivity index (χ3v) is 7.63. The first-order valence-electron chi connectivity index (χ1n) is 12.3. The van der Waals surface area contributed by atoms with Crippen LogP contribution in [0.3, 0.4) is 0 Å². The van der Waals surface area contributed by atoms with E-state index in [4.69, 9.17) is 14.5 Å². The third kappa shape index (κ3) is 3.97. The van der Waals surface area contributed by atoms with Crippen LogP contribution in [0.15, 0.2) is 36.7 Å². The number of hydrogen-bond acceptors (Lipinski definition) is 7. The fourth-order valence-corrected chi connectivity index (χ4v) is 5.66. The highest BCUT2D eigenvalue weighted by Crippen LogP contribution is 2.39. The molecular weight excluding hydrogens is 459 g/mol. The summed E-state index contributed by atoms with van der Waals surface area (Å²) in [5.74, 6) is 2.07. The van der Waals surface area contributed by atoms with Crippen molar-refractivity contribution in [2.45, 2.75) is 32.2 Å². The highest BCUT2D eigenvalue weighted by molar-refractivity contribution is 5.79. The second-order valence-electron chi connectivity index (χ2n) is 9.70. The Bertz CT molecular complexity index is 1430. The molecule has 186 valence electrons. The molecule has 7 rings (SSSR count). The third-order valence-electron chi connectivity index (χ3n) is 7.63. The molecule has 0 amide bonds. The van der Waals surface area contributed by atoms with E-state index in [9.17, 15) is 0 Å². The number of aryl methyl sites for hydroxylation is 1. The van der Waals surface area contributed by atoms with Gasteiger partial charge in [-0.25, -0.2) is 9.37 Å². The molecule has 3 aromatic heterocycles. The molecule has 36 heavy (non-hydrogen) atoms. The van der Waals surface area contributed by atoms with E-state index < -0.39 is 0 Å². The van der Waals surface area contributed by atoms with E-state index in [2.05, 4.69) is 25.9 Å². The molecule has 8 nitrogen and oxygen atoms in total. The molecule has 9 heteroatoms. The molecule has 0 saturated carbocycles. The lowest BCUT2D eigenvalue weighted by atomic mass is 9.75. The van der Waals surface area contributed by atoms with Crippen LogP contribution in [0.25, 0.3) is 22.6 Å². The number of nitrogens with zero attached hydrogens (tertiary/aromatic N) is 6. The quantitative estimate of drug-likeness (QED) is 0.402. The Morgan fingerprint density at radius 2 is 1.86 bits per heavy atom. The molecule has 2 bridgehead atoms. The van der Waals surface area contributed by atoms with Crippen LogP contribution in [0.1, 0.15) is 35.6 Å². The van der Waals surface area contributed by atoms with Gasteiger partial charge in [-0.2, -0.15) is 9.97 Å². The van der Waals surface area contributed by atoms with Crippen LogP contribution < -0.4 is 9.47 Å². The molecule has 1 aromatic carbocycles. The Hall–Kier alpha value is -3.59.